The average Bonchev–Trinajstić information content (AvgIpc) is 2.40. The van der Waals surface area contributed by atoms with E-state index in [1.807, 2.05) is 0 Å². The molecule has 0 amide bonds. The van der Waals surface area contributed by atoms with Crippen LogP contribution in [0.15, 0.2) is 30.3 Å². The Labute approximate surface area is 104 Å². The van der Waals surface area contributed by atoms with Crippen molar-refractivity contribution in [1.29, 1.82) is 5.26 Å². The molecule has 1 aliphatic rings. The van der Waals surface area contributed by atoms with Crippen LogP contribution in [0.2, 0.25) is 0 Å². The highest BCUT2D eigenvalue weighted by Crippen LogP contribution is 2.26. The Hall–Kier alpha value is -1.33. The van der Waals surface area contributed by atoms with Crippen molar-refractivity contribution in [1.82, 2.24) is 5.32 Å². The molecule has 0 heterocycles. The summed E-state index contributed by atoms with van der Waals surface area (Å²) in [4.78, 5) is 0. The van der Waals surface area contributed by atoms with Gasteiger partial charge in [-0.3, -0.25) is 0 Å². The van der Waals surface area contributed by atoms with Crippen LogP contribution in [0.1, 0.15) is 37.7 Å². The monoisotopic (exact) mass is 228 g/mol. The lowest BCUT2D eigenvalue weighted by Crippen LogP contribution is -2.32. The fraction of sp³-hybridized carbons (Fsp3) is 0.533. The molecule has 1 aromatic rings. The first-order chi connectivity index (χ1) is 8.38. The van der Waals surface area contributed by atoms with Gasteiger partial charge in [-0.25, -0.2) is 0 Å². The maximum atomic E-state index is 8.67. The van der Waals surface area contributed by atoms with Gasteiger partial charge in [-0.1, -0.05) is 30.3 Å². The van der Waals surface area contributed by atoms with E-state index >= 15 is 0 Å². The largest absolute Gasteiger partial charge is 0.310 e. The van der Waals surface area contributed by atoms with Crippen LogP contribution in [0.25, 0.3) is 0 Å². The fourth-order valence-electron chi connectivity index (χ4n) is 2.56. The summed E-state index contributed by atoms with van der Waals surface area (Å²) in [5.41, 5.74) is 1.35. The van der Waals surface area contributed by atoms with Crippen LogP contribution in [0, 0.1) is 17.2 Å². The van der Waals surface area contributed by atoms with Crippen LogP contribution in [0.5, 0.6) is 0 Å². The highest BCUT2D eigenvalue weighted by atomic mass is 14.9. The lowest BCUT2D eigenvalue weighted by Gasteiger charge is -2.28. The predicted octanol–water partition coefficient (Wildman–Crippen LogP) is 3.25. The molecule has 0 bridgehead atoms. The molecular formula is C15H20N2. The van der Waals surface area contributed by atoms with E-state index in [1.165, 1.54) is 31.2 Å². The zero-order chi connectivity index (χ0) is 11.9. The van der Waals surface area contributed by atoms with Crippen molar-refractivity contribution in [3.05, 3.63) is 35.9 Å². The van der Waals surface area contributed by atoms with Gasteiger partial charge in [-0.2, -0.15) is 5.26 Å². The van der Waals surface area contributed by atoms with Gasteiger partial charge in [0.2, 0.25) is 0 Å². The molecule has 1 aromatic carbocycles. The van der Waals surface area contributed by atoms with Crippen LogP contribution >= 0.6 is 0 Å². The van der Waals surface area contributed by atoms with Crippen molar-refractivity contribution in [2.24, 2.45) is 5.92 Å². The van der Waals surface area contributed by atoms with E-state index in [1.54, 1.807) is 0 Å². The van der Waals surface area contributed by atoms with Gasteiger partial charge in [0.15, 0.2) is 0 Å². The summed E-state index contributed by atoms with van der Waals surface area (Å²) in [5.74, 6) is 0.648. The van der Waals surface area contributed by atoms with Gasteiger partial charge in [0, 0.05) is 19.0 Å². The molecule has 1 aliphatic carbocycles. The maximum Gasteiger partial charge on any atom is 0.0624 e. The van der Waals surface area contributed by atoms with E-state index in [2.05, 4.69) is 41.7 Å². The lowest BCUT2D eigenvalue weighted by molar-refractivity contribution is 0.294. The molecule has 2 rings (SSSR count). The van der Waals surface area contributed by atoms with E-state index in [-0.39, 0.29) is 0 Å². The second-order valence-corrected chi connectivity index (χ2v) is 4.95. The van der Waals surface area contributed by atoms with Gasteiger partial charge in [0.05, 0.1) is 6.07 Å². The summed E-state index contributed by atoms with van der Waals surface area (Å²) in [7, 11) is 0. The summed E-state index contributed by atoms with van der Waals surface area (Å²) >= 11 is 0. The molecule has 1 fully saturated rings. The van der Waals surface area contributed by atoms with Gasteiger partial charge >= 0.3 is 0 Å². The summed E-state index contributed by atoms with van der Waals surface area (Å²) in [5, 5.41) is 12.3. The third-order valence-electron chi connectivity index (χ3n) is 3.66. The number of nitrogens with zero attached hydrogens (tertiary/aromatic N) is 1. The number of hydrogen-bond acceptors (Lipinski definition) is 2. The minimum absolute atomic E-state index is 0.644. The van der Waals surface area contributed by atoms with Crippen LogP contribution < -0.4 is 5.32 Å². The molecule has 17 heavy (non-hydrogen) atoms. The molecular weight excluding hydrogens is 208 g/mol. The third kappa shape index (κ3) is 3.87. The molecule has 0 aromatic heterocycles. The molecule has 1 saturated carbocycles. The normalized spacial score (nSPS) is 24.2. The van der Waals surface area contributed by atoms with Crippen molar-refractivity contribution in [2.45, 2.75) is 44.7 Å². The Balaban J connectivity index is 1.70. The van der Waals surface area contributed by atoms with Crippen LogP contribution in [-0.4, -0.2) is 6.04 Å². The molecule has 0 spiro atoms. The number of hydrogen-bond donors (Lipinski definition) is 1. The van der Waals surface area contributed by atoms with Gasteiger partial charge in [-0.15, -0.1) is 0 Å². The van der Waals surface area contributed by atoms with E-state index in [0.717, 1.165) is 13.0 Å². The van der Waals surface area contributed by atoms with Gasteiger partial charge in [0.25, 0.3) is 0 Å². The van der Waals surface area contributed by atoms with Crippen molar-refractivity contribution < 1.29 is 0 Å². The van der Waals surface area contributed by atoms with E-state index < -0.39 is 0 Å². The number of nitrogens with one attached hydrogen (secondary N) is 1. The Bertz CT molecular complexity index is 358. The standard InChI is InChI=1S/C15H20N2/c16-11-10-13-6-8-15(9-7-13)17-12-14-4-2-1-3-5-14/h1-5,13,15,17H,6-10,12H2. The third-order valence-corrected chi connectivity index (χ3v) is 3.66. The lowest BCUT2D eigenvalue weighted by atomic mass is 9.84. The molecule has 1 N–H and O–H groups in total. The summed E-state index contributed by atoms with van der Waals surface area (Å²) in [6.07, 6.45) is 5.60. The van der Waals surface area contributed by atoms with Crippen molar-refractivity contribution in [3.8, 4) is 6.07 Å². The first-order valence-electron chi connectivity index (χ1n) is 6.52. The highest BCUT2D eigenvalue weighted by molar-refractivity contribution is 5.14. The molecule has 0 unspecified atom stereocenters. The minimum Gasteiger partial charge on any atom is -0.310 e. The molecule has 0 aliphatic heterocycles. The van der Waals surface area contributed by atoms with Crippen LogP contribution in [-0.2, 0) is 6.54 Å². The van der Waals surface area contributed by atoms with E-state index in [4.69, 9.17) is 5.26 Å². The highest BCUT2D eigenvalue weighted by Gasteiger charge is 2.20. The Kier molecular flexibility index (Phi) is 4.58. The average molecular weight is 228 g/mol. The zero-order valence-corrected chi connectivity index (χ0v) is 10.2. The molecule has 90 valence electrons. The fourth-order valence-corrected chi connectivity index (χ4v) is 2.56. The molecule has 0 atom stereocenters. The summed E-state index contributed by atoms with van der Waals surface area (Å²) in [6.45, 7) is 0.967. The molecule has 0 saturated heterocycles. The van der Waals surface area contributed by atoms with Crippen molar-refractivity contribution in [3.63, 3.8) is 0 Å². The van der Waals surface area contributed by atoms with Gasteiger partial charge in [0.1, 0.15) is 0 Å². The molecule has 2 heteroatoms. The number of rotatable bonds is 4. The number of nitriles is 1. The van der Waals surface area contributed by atoms with Crippen LogP contribution in [0.4, 0.5) is 0 Å². The van der Waals surface area contributed by atoms with Gasteiger partial charge < -0.3 is 5.32 Å². The van der Waals surface area contributed by atoms with Crippen molar-refractivity contribution >= 4 is 0 Å². The molecule has 2 nitrogen and oxygen atoms in total. The molecule has 0 radical (unpaired) electrons. The zero-order valence-electron chi connectivity index (χ0n) is 10.2. The second-order valence-electron chi connectivity index (χ2n) is 4.95. The van der Waals surface area contributed by atoms with E-state index in [0.29, 0.717) is 12.0 Å². The topological polar surface area (TPSA) is 35.8 Å². The first-order valence-corrected chi connectivity index (χ1v) is 6.52. The minimum atomic E-state index is 0.644. The van der Waals surface area contributed by atoms with E-state index in [9.17, 15) is 0 Å². The Morgan fingerprint density at radius 3 is 2.47 bits per heavy atom. The quantitative estimate of drug-likeness (QED) is 0.858. The number of benzene rings is 1. The Morgan fingerprint density at radius 2 is 1.82 bits per heavy atom. The maximum absolute atomic E-state index is 8.67. The predicted molar refractivity (Wildman–Crippen MR) is 69.3 cm³/mol. The van der Waals surface area contributed by atoms with Crippen molar-refractivity contribution in [2.75, 3.05) is 0 Å². The van der Waals surface area contributed by atoms with Crippen LogP contribution in [0.3, 0.4) is 0 Å². The summed E-state index contributed by atoms with van der Waals surface area (Å²) in [6, 6.07) is 13.5. The summed E-state index contributed by atoms with van der Waals surface area (Å²) < 4.78 is 0. The van der Waals surface area contributed by atoms with Gasteiger partial charge in [-0.05, 0) is 37.2 Å². The smallest absolute Gasteiger partial charge is 0.0624 e. The first kappa shape index (κ1) is 12.1. The second kappa shape index (κ2) is 6.42. The SMILES string of the molecule is N#CCC1CCC(NCc2ccccc2)CC1. The Morgan fingerprint density at radius 1 is 1.12 bits per heavy atom.